The van der Waals surface area contributed by atoms with Crippen LogP contribution in [0, 0.1) is 0 Å². The average molecular weight is 263 g/mol. The van der Waals surface area contributed by atoms with Crippen molar-refractivity contribution in [2.45, 2.75) is 37.6 Å². The molecule has 1 rings (SSSR count). The molecular weight excluding hydrogens is 246 g/mol. The Labute approximate surface area is 105 Å². The van der Waals surface area contributed by atoms with Crippen LogP contribution in [0.5, 0.6) is 0 Å². The lowest BCUT2D eigenvalue weighted by Gasteiger charge is -2.20. The SMILES string of the molecule is CC(C)c1ccc(CC(NN)C(F)(F)Cl)cc1. The first-order valence-electron chi connectivity index (χ1n) is 5.46. The predicted molar refractivity (Wildman–Crippen MR) is 66.1 cm³/mol. The Morgan fingerprint density at radius 1 is 1.29 bits per heavy atom. The Bertz CT molecular complexity index is 347. The van der Waals surface area contributed by atoms with Crippen LogP contribution in [0.1, 0.15) is 30.9 Å². The third-order valence-corrected chi connectivity index (χ3v) is 2.95. The second-order valence-electron chi connectivity index (χ2n) is 4.36. The van der Waals surface area contributed by atoms with Gasteiger partial charge in [0.2, 0.25) is 0 Å². The molecule has 2 nitrogen and oxygen atoms in total. The summed E-state index contributed by atoms with van der Waals surface area (Å²) in [6, 6.07) is 6.24. The Kier molecular flexibility index (Phi) is 4.86. The van der Waals surface area contributed by atoms with Crippen LogP contribution in [-0.4, -0.2) is 11.4 Å². The molecule has 0 amide bonds. The average Bonchev–Trinajstić information content (AvgIpc) is 2.24. The summed E-state index contributed by atoms with van der Waals surface area (Å²) < 4.78 is 25.8. The highest BCUT2D eigenvalue weighted by atomic mass is 35.5. The van der Waals surface area contributed by atoms with Gasteiger partial charge >= 0.3 is 5.38 Å². The van der Waals surface area contributed by atoms with Gasteiger partial charge in [0.15, 0.2) is 0 Å². The summed E-state index contributed by atoms with van der Waals surface area (Å²) in [6.07, 6.45) is 0.0887. The molecule has 1 atom stereocenters. The van der Waals surface area contributed by atoms with Crippen LogP contribution in [0.15, 0.2) is 24.3 Å². The summed E-state index contributed by atoms with van der Waals surface area (Å²) >= 11 is 4.96. The lowest BCUT2D eigenvalue weighted by Crippen LogP contribution is -2.46. The fourth-order valence-electron chi connectivity index (χ4n) is 1.54. The number of nitrogens with one attached hydrogen (secondary N) is 1. The lowest BCUT2D eigenvalue weighted by atomic mass is 9.99. The second-order valence-corrected chi connectivity index (χ2v) is 4.87. The van der Waals surface area contributed by atoms with Crippen molar-refractivity contribution in [3.05, 3.63) is 35.4 Å². The largest absolute Gasteiger partial charge is 0.338 e. The summed E-state index contributed by atoms with van der Waals surface area (Å²) in [7, 11) is 0. The summed E-state index contributed by atoms with van der Waals surface area (Å²) in [5.41, 5.74) is 3.99. The molecule has 0 aromatic heterocycles. The number of rotatable bonds is 5. The Morgan fingerprint density at radius 3 is 2.18 bits per heavy atom. The van der Waals surface area contributed by atoms with Gasteiger partial charge in [-0.25, -0.2) is 5.43 Å². The lowest BCUT2D eigenvalue weighted by molar-refractivity contribution is 0.0503. The Morgan fingerprint density at radius 2 is 1.82 bits per heavy atom. The van der Waals surface area contributed by atoms with Crippen molar-refractivity contribution in [1.29, 1.82) is 0 Å². The van der Waals surface area contributed by atoms with Gasteiger partial charge in [-0.2, -0.15) is 8.78 Å². The molecule has 0 bridgehead atoms. The van der Waals surface area contributed by atoms with E-state index in [1.54, 1.807) is 0 Å². The molecular formula is C12H17ClF2N2. The molecule has 1 aromatic rings. The van der Waals surface area contributed by atoms with Crippen LogP contribution in [-0.2, 0) is 6.42 Å². The monoisotopic (exact) mass is 262 g/mol. The zero-order valence-corrected chi connectivity index (χ0v) is 10.6. The minimum absolute atomic E-state index is 0.0887. The van der Waals surface area contributed by atoms with E-state index in [2.05, 4.69) is 13.8 Å². The fourth-order valence-corrected chi connectivity index (χ4v) is 1.68. The van der Waals surface area contributed by atoms with Gasteiger partial charge in [-0.15, -0.1) is 0 Å². The maximum Gasteiger partial charge on any atom is 0.338 e. The van der Waals surface area contributed by atoms with Crippen molar-refractivity contribution in [3.63, 3.8) is 0 Å². The van der Waals surface area contributed by atoms with Crippen LogP contribution in [0.25, 0.3) is 0 Å². The molecule has 1 unspecified atom stereocenters. The molecule has 5 heteroatoms. The highest BCUT2D eigenvalue weighted by molar-refractivity contribution is 6.22. The number of hydrogen-bond acceptors (Lipinski definition) is 2. The van der Waals surface area contributed by atoms with Crippen molar-refractivity contribution >= 4 is 11.6 Å². The maximum absolute atomic E-state index is 12.9. The zero-order valence-electron chi connectivity index (χ0n) is 9.88. The van der Waals surface area contributed by atoms with Gasteiger partial charge < -0.3 is 0 Å². The van der Waals surface area contributed by atoms with Crippen molar-refractivity contribution in [3.8, 4) is 0 Å². The molecule has 1 aromatic carbocycles. The van der Waals surface area contributed by atoms with Crippen LogP contribution in [0.4, 0.5) is 8.78 Å². The molecule has 96 valence electrons. The molecule has 0 saturated heterocycles. The molecule has 0 saturated carbocycles. The standard InChI is InChI=1S/C12H17ClF2N2/c1-8(2)10-5-3-9(4-6-10)7-11(17-16)12(13,14)15/h3-6,8,11,17H,7,16H2,1-2H3. The number of benzene rings is 1. The fraction of sp³-hybridized carbons (Fsp3) is 0.500. The van der Waals surface area contributed by atoms with Crippen LogP contribution < -0.4 is 11.3 Å². The Balaban J connectivity index is 2.74. The number of hydrogen-bond donors (Lipinski definition) is 2. The van der Waals surface area contributed by atoms with Crippen molar-refractivity contribution in [2.24, 2.45) is 5.84 Å². The van der Waals surface area contributed by atoms with E-state index in [4.69, 9.17) is 17.4 Å². The number of nitrogens with two attached hydrogens (primary N) is 1. The van der Waals surface area contributed by atoms with E-state index in [0.717, 1.165) is 5.56 Å². The molecule has 0 fully saturated rings. The number of hydrazine groups is 1. The zero-order chi connectivity index (χ0) is 13.1. The van der Waals surface area contributed by atoms with Gasteiger partial charge in [0.05, 0.1) is 0 Å². The van der Waals surface area contributed by atoms with Crippen LogP contribution in [0.3, 0.4) is 0 Å². The van der Waals surface area contributed by atoms with Crippen molar-refractivity contribution < 1.29 is 8.78 Å². The smallest absolute Gasteiger partial charge is 0.271 e. The van der Waals surface area contributed by atoms with E-state index in [1.807, 2.05) is 29.7 Å². The van der Waals surface area contributed by atoms with Crippen LogP contribution in [0.2, 0.25) is 0 Å². The van der Waals surface area contributed by atoms with Gasteiger partial charge in [0, 0.05) is 0 Å². The maximum atomic E-state index is 12.9. The van der Waals surface area contributed by atoms with Gasteiger partial charge in [-0.1, -0.05) is 38.1 Å². The highest BCUT2D eigenvalue weighted by Gasteiger charge is 2.36. The Hall–Kier alpha value is -0.710. The van der Waals surface area contributed by atoms with Gasteiger partial charge in [-0.3, -0.25) is 5.84 Å². The minimum atomic E-state index is -3.36. The van der Waals surface area contributed by atoms with Crippen molar-refractivity contribution in [2.75, 3.05) is 0 Å². The predicted octanol–water partition coefficient (Wildman–Crippen LogP) is 3.02. The normalized spacial score (nSPS) is 14.1. The van der Waals surface area contributed by atoms with E-state index in [9.17, 15) is 8.78 Å². The minimum Gasteiger partial charge on any atom is -0.271 e. The van der Waals surface area contributed by atoms with E-state index in [0.29, 0.717) is 5.92 Å². The second kappa shape index (κ2) is 5.76. The topological polar surface area (TPSA) is 38.0 Å². The molecule has 0 aliphatic heterocycles. The van der Waals surface area contributed by atoms with E-state index in [1.165, 1.54) is 5.56 Å². The summed E-state index contributed by atoms with van der Waals surface area (Å²) in [6.45, 7) is 4.15. The third kappa shape index (κ3) is 4.22. The van der Waals surface area contributed by atoms with Gasteiger partial charge in [0.25, 0.3) is 0 Å². The van der Waals surface area contributed by atoms with Crippen LogP contribution >= 0.6 is 11.6 Å². The summed E-state index contributed by atoms with van der Waals surface area (Å²) in [5, 5.41) is -3.36. The third-order valence-electron chi connectivity index (χ3n) is 2.68. The highest BCUT2D eigenvalue weighted by Crippen LogP contribution is 2.26. The molecule has 17 heavy (non-hydrogen) atoms. The molecule has 0 radical (unpaired) electrons. The van der Waals surface area contributed by atoms with Gasteiger partial charge in [0.1, 0.15) is 6.04 Å². The van der Waals surface area contributed by atoms with E-state index < -0.39 is 11.4 Å². The number of halogens is 3. The van der Waals surface area contributed by atoms with Crippen molar-refractivity contribution in [1.82, 2.24) is 5.43 Å². The first kappa shape index (κ1) is 14.4. The van der Waals surface area contributed by atoms with Gasteiger partial charge in [-0.05, 0) is 35.1 Å². The molecule has 0 heterocycles. The summed E-state index contributed by atoms with van der Waals surface area (Å²) in [5.74, 6) is 5.49. The van der Waals surface area contributed by atoms with E-state index in [-0.39, 0.29) is 6.42 Å². The summed E-state index contributed by atoms with van der Waals surface area (Å²) in [4.78, 5) is 0. The quantitative estimate of drug-likeness (QED) is 0.486. The first-order valence-corrected chi connectivity index (χ1v) is 5.84. The first-order chi connectivity index (χ1) is 7.84. The molecule has 0 aliphatic carbocycles. The van der Waals surface area contributed by atoms with E-state index >= 15 is 0 Å². The molecule has 0 aliphatic rings. The molecule has 3 N–H and O–H groups in total. The molecule has 0 spiro atoms. The number of alkyl halides is 3.